The van der Waals surface area contributed by atoms with E-state index >= 15 is 0 Å². The summed E-state index contributed by atoms with van der Waals surface area (Å²) in [7, 11) is -1.57. The summed E-state index contributed by atoms with van der Waals surface area (Å²) in [5, 5.41) is 3.48. The Kier molecular flexibility index (Phi) is 4.21. The lowest BCUT2D eigenvalue weighted by Crippen LogP contribution is -2.51. The summed E-state index contributed by atoms with van der Waals surface area (Å²) >= 11 is 0. The van der Waals surface area contributed by atoms with Crippen LogP contribution in [0.5, 0.6) is 0 Å². The molecule has 0 bridgehead atoms. The van der Waals surface area contributed by atoms with E-state index in [1.165, 1.54) is 44.1 Å². The highest BCUT2D eigenvalue weighted by Crippen LogP contribution is 2.44. The van der Waals surface area contributed by atoms with Gasteiger partial charge in [-0.05, 0) is 25.8 Å². The summed E-state index contributed by atoms with van der Waals surface area (Å²) in [6.45, 7) is 7.32. The van der Waals surface area contributed by atoms with Gasteiger partial charge in [0.05, 0.1) is 0 Å². The molecular weight excluding hydrogens is 268 g/mol. The van der Waals surface area contributed by atoms with Crippen molar-refractivity contribution in [3.8, 4) is 0 Å². The maximum absolute atomic E-state index is 2.66. The van der Waals surface area contributed by atoms with Gasteiger partial charge in [0.2, 0.25) is 0 Å². The molecule has 1 atom stereocenters. The summed E-state index contributed by atoms with van der Waals surface area (Å²) in [6, 6.07) is 11.5. The lowest BCUT2D eigenvalue weighted by atomic mass is 10.0. The molecular formula is C20H28Si. The standard InChI is InChI=1S/C20H28Si/c1-16-14-15-20(17(16)2)21(3,18-10-6-4-7-11-18)19-12-8-5-9-13-19/h4,6-7,10-11,14,19H,5,8-9,12-13,15H2,1-3H3. The molecule has 1 aromatic rings. The Bertz CT molecular complexity index is 561. The second-order valence-electron chi connectivity index (χ2n) is 7.10. The first-order valence-electron chi connectivity index (χ1n) is 8.57. The highest BCUT2D eigenvalue weighted by molar-refractivity contribution is 6.98. The van der Waals surface area contributed by atoms with Crippen molar-refractivity contribution < 1.29 is 0 Å². The topological polar surface area (TPSA) is 0 Å². The molecule has 0 nitrogen and oxygen atoms in total. The summed E-state index contributed by atoms with van der Waals surface area (Å²) in [5.74, 6) is 0. The van der Waals surface area contributed by atoms with Crippen LogP contribution in [0.15, 0.2) is 52.8 Å². The first-order valence-corrected chi connectivity index (χ1v) is 11.1. The highest BCUT2D eigenvalue weighted by Gasteiger charge is 2.43. The molecule has 3 rings (SSSR count). The SMILES string of the molecule is CC1=CCC([Si](C)(c2ccccc2)C2CCCCC2)=C1C. The maximum Gasteiger partial charge on any atom is 0.114 e. The summed E-state index contributed by atoms with van der Waals surface area (Å²) in [6.07, 6.45) is 10.9. The van der Waals surface area contributed by atoms with E-state index < -0.39 is 8.07 Å². The maximum atomic E-state index is 2.66. The lowest BCUT2D eigenvalue weighted by molar-refractivity contribution is 0.494. The van der Waals surface area contributed by atoms with Crippen LogP contribution in [0.3, 0.4) is 0 Å². The molecule has 0 radical (unpaired) electrons. The Labute approximate surface area is 131 Å². The molecule has 0 spiro atoms. The van der Waals surface area contributed by atoms with Crippen molar-refractivity contribution in [3.05, 3.63) is 52.8 Å². The molecule has 0 aromatic heterocycles. The van der Waals surface area contributed by atoms with Crippen LogP contribution in [-0.2, 0) is 0 Å². The first-order chi connectivity index (χ1) is 10.1. The van der Waals surface area contributed by atoms with E-state index in [2.05, 4.69) is 56.8 Å². The molecule has 0 aliphatic heterocycles. The predicted molar refractivity (Wildman–Crippen MR) is 95.6 cm³/mol. The zero-order valence-corrected chi connectivity index (χ0v) is 14.8. The number of hydrogen-bond donors (Lipinski definition) is 0. The smallest absolute Gasteiger partial charge is 0.0776 e. The molecule has 0 saturated heterocycles. The van der Waals surface area contributed by atoms with Gasteiger partial charge in [0.25, 0.3) is 0 Å². The van der Waals surface area contributed by atoms with Gasteiger partial charge in [0.15, 0.2) is 0 Å². The Hall–Kier alpha value is -1.08. The minimum absolute atomic E-state index is 0.942. The van der Waals surface area contributed by atoms with E-state index in [4.69, 9.17) is 0 Å². The van der Waals surface area contributed by atoms with Gasteiger partial charge in [-0.3, -0.25) is 0 Å². The van der Waals surface area contributed by atoms with E-state index in [0.29, 0.717) is 0 Å². The van der Waals surface area contributed by atoms with Crippen LogP contribution in [-0.4, -0.2) is 8.07 Å². The second-order valence-corrected chi connectivity index (χ2v) is 11.5. The van der Waals surface area contributed by atoms with E-state index in [9.17, 15) is 0 Å². The minimum Gasteiger partial charge on any atom is -0.0776 e. The average Bonchev–Trinajstić information content (AvgIpc) is 2.88. The van der Waals surface area contributed by atoms with Gasteiger partial charge in [0.1, 0.15) is 8.07 Å². The fourth-order valence-corrected chi connectivity index (χ4v) is 9.78. The molecule has 112 valence electrons. The minimum atomic E-state index is -1.57. The molecule has 21 heavy (non-hydrogen) atoms. The third-order valence-electron chi connectivity index (χ3n) is 6.08. The van der Waals surface area contributed by atoms with E-state index in [0.717, 1.165) is 5.54 Å². The van der Waals surface area contributed by atoms with E-state index in [1.54, 1.807) is 10.8 Å². The molecule has 1 heteroatoms. The van der Waals surface area contributed by atoms with Crippen molar-refractivity contribution in [2.45, 2.75) is 64.5 Å². The fourth-order valence-electron chi connectivity index (χ4n) is 4.52. The van der Waals surface area contributed by atoms with Crippen LogP contribution >= 0.6 is 0 Å². The summed E-state index contributed by atoms with van der Waals surface area (Å²) in [4.78, 5) is 0. The first kappa shape index (κ1) is 14.8. The molecule has 2 aliphatic carbocycles. The van der Waals surface area contributed by atoms with Gasteiger partial charge < -0.3 is 0 Å². The van der Waals surface area contributed by atoms with Gasteiger partial charge in [-0.25, -0.2) is 0 Å². The van der Waals surface area contributed by atoms with E-state index in [-0.39, 0.29) is 0 Å². The third kappa shape index (κ3) is 2.57. The van der Waals surface area contributed by atoms with Crippen molar-refractivity contribution in [2.24, 2.45) is 0 Å². The zero-order valence-electron chi connectivity index (χ0n) is 13.8. The van der Waals surface area contributed by atoms with Crippen LogP contribution in [0.1, 0.15) is 52.4 Å². The van der Waals surface area contributed by atoms with Crippen LogP contribution in [0.25, 0.3) is 0 Å². The van der Waals surface area contributed by atoms with Crippen LogP contribution in [0.4, 0.5) is 0 Å². The van der Waals surface area contributed by atoms with Crippen molar-refractivity contribution >= 4 is 13.3 Å². The fraction of sp³-hybridized carbons (Fsp3) is 0.500. The van der Waals surface area contributed by atoms with Gasteiger partial charge >= 0.3 is 0 Å². The number of rotatable bonds is 3. The third-order valence-corrected chi connectivity index (χ3v) is 11.7. The van der Waals surface area contributed by atoms with Crippen molar-refractivity contribution in [1.29, 1.82) is 0 Å². The Balaban J connectivity index is 2.07. The molecule has 0 heterocycles. The normalized spacial score (nSPS) is 23.1. The van der Waals surface area contributed by atoms with Gasteiger partial charge in [-0.15, -0.1) is 0 Å². The van der Waals surface area contributed by atoms with Crippen LogP contribution in [0, 0.1) is 0 Å². The van der Waals surface area contributed by atoms with Crippen LogP contribution < -0.4 is 5.19 Å². The lowest BCUT2D eigenvalue weighted by Gasteiger charge is -2.41. The Morgan fingerprint density at radius 1 is 0.952 bits per heavy atom. The van der Waals surface area contributed by atoms with Crippen molar-refractivity contribution in [2.75, 3.05) is 0 Å². The largest absolute Gasteiger partial charge is 0.114 e. The van der Waals surface area contributed by atoms with E-state index in [1.807, 2.05) is 5.20 Å². The molecule has 1 aromatic carbocycles. The monoisotopic (exact) mass is 296 g/mol. The molecule has 1 saturated carbocycles. The molecule has 2 aliphatic rings. The molecule has 1 fully saturated rings. The number of hydrogen-bond acceptors (Lipinski definition) is 0. The zero-order chi connectivity index (χ0) is 14.9. The van der Waals surface area contributed by atoms with Crippen molar-refractivity contribution in [1.82, 2.24) is 0 Å². The number of benzene rings is 1. The van der Waals surface area contributed by atoms with Gasteiger partial charge in [-0.2, -0.15) is 0 Å². The predicted octanol–water partition coefficient (Wildman–Crippen LogP) is 5.51. The quantitative estimate of drug-likeness (QED) is 0.645. The van der Waals surface area contributed by atoms with Crippen molar-refractivity contribution in [3.63, 3.8) is 0 Å². The average molecular weight is 297 g/mol. The van der Waals surface area contributed by atoms with Gasteiger partial charge in [-0.1, -0.05) is 96.6 Å². The molecule has 0 amide bonds. The second kappa shape index (κ2) is 5.96. The Morgan fingerprint density at radius 3 is 2.19 bits per heavy atom. The van der Waals surface area contributed by atoms with Crippen LogP contribution in [0.2, 0.25) is 12.1 Å². The highest BCUT2D eigenvalue weighted by atomic mass is 28.3. The summed E-state index contributed by atoms with van der Waals surface area (Å²) < 4.78 is 0. The Morgan fingerprint density at radius 2 is 1.62 bits per heavy atom. The molecule has 1 unspecified atom stereocenters. The van der Waals surface area contributed by atoms with Gasteiger partial charge in [0, 0.05) is 0 Å². The molecule has 0 N–H and O–H groups in total. The number of allylic oxidation sites excluding steroid dienone is 4. The summed E-state index contributed by atoms with van der Waals surface area (Å²) in [5.41, 5.74) is 4.08.